The van der Waals surface area contributed by atoms with E-state index in [1.165, 1.54) is 6.33 Å². The van der Waals surface area contributed by atoms with Gasteiger partial charge in [0.25, 0.3) is 0 Å². The number of carbonyl (C=O) groups is 3. The Kier molecular flexibility index (Phi) is 6.98. The van der Waals surface area contributed by atoms with E-state index in [1.54, 1.807) is 22.0 Å². The normalized spacial score (nSPS) is 17.6. The van der Waals surface area contributed by atoms with Crippen LogP contribution in [-0.4, -0.2) is 73.3 Å². The van der Waals surface area contributed by atoms with E-state index < -0.39 is 12.1 Å². The fourth-order valence-electron chi connectivity index (χ4n) is 3.97. The Bertz CT molecular complexity index is 1000. The monoisotopic (exact) mass is 468 g/mol. The first-order valence-electron chi connectivity index (χ1n) is 10.2. The maximum absolute atomic E-state index is 13.0. The number of carboxylic acids is 1. The third-order valence-corrected chi connectivity index (χ3v) is 5.79. The Morgan fingerprint density at radius 3 is 2.21 bits per heavy atom. The van der Waals surface area contributed by atoms with E-state index in [4.69, 9.17) is 9.90 Å². The zero-order chi connectivity index (χ0) is 24.2. The van der Waals surface area contributed by atoms with Gasteiger partial charge in [-0.05, 0) is 25.3 Å². The molecular weight excluding hydrogens is 445 g/mol. The summed E-state index contributed by atoms with van der Waals surface area (Å²) in [6, 6.07) is 1.86. The predicted molar refractivity (Wildman–Crippen MR) is 108 cm³/mol. The van der Waals surface area contributed by atoms with Gasteiger partial charge in [0.1, 0.15) is 6.33 Å². The fourth-order valence-corrected chi connectivity index (χ4v) is 3.97. The minimum Gasteiger partial charge on any atom is -0.475 e. The molecule has 4 heterocycles. The second kappa shape index (κ2) is 9.55. The highest BCUT2D eigenvalue weighted by Crippen LogP contribution is 2.42. The maximum atomic E-state index is 13.0. The number of hydrogen-bond donors (Lipinski definition) is 1. The molecule has 2 fully saturated rings. The molecule has 0 aromatic carbocycles. The van der Waals surface area contributed by atoms with Crippen molar-refractivity contribution in [1.29, 1.82) is 0 Å². The summed E-state index contributed by atoms with van der Waals surface area (Å²) in [6.07, 6.45) is 4.13. The van der Waals surface area contributed by atoms with Crippen LogP contribution in [0.4, 0.5) is 18.9 Å². The average Bonchev–Trinajstić information content (AvgIpc) is 3.32. The molecule has 2 saturated heterocycles. The number of likely N-dealkylation sites (tertiary alicyclic amines) is 1. The summed E-state index contributed by atoms with van der Waals surface area (Å²) in [5.74, 6) is -2.53. The lowest BCUT2D eigenvalue weighted by Crippen LogP contribution is -2.47. The number of halogens is 3. The zero-order valence-electron chi connectivity index (χ0n) is 17.8. The number of nitrogens with zero attached hydrogens (tertiary/aromatic N) is 6. The number of amides is 2. The lowest BCUT2D eigenvalue weighted by molar-refractivity contribution is -0.192. The van der Waals surface area contributed by atoms with Gasteiger partial charge in [0, 0.05) is 32.9 Å². The number of carboxylic acid groups (broad SMARTS) is 1. The van der Waals surface area contributed by atoms with Gasteiger partial charge in [0.15, 0.2) is 0 Å². The molecule has 0 aliphatic carbocycles. The number of carbonyl (C=O) groups excluding carboxylic acids is 2. The molecule has 1 N–H and O–H groups in total. The molecule has 33 heavy (non-hydrogen) atoms. The van der Waals surface area contributed by atoms with Crippen molar-refractivity contribution < 1.29 is 32.7 Å². The number of alkyl halides is 3. The molecule has 1 spiro atoms. The van der Waals surface area contributed by atoms with E-state index in [0.29, 0.717) is 38.9 Å². The summed E-state index contributed by atoms with van der Waals surface area (Å²) in [5, 5.41) is 11.4. The Balaban J connectivity index is 0.000000383. The highest BCUT2D eigenvalue weighted by atomic mass is 19.4. The molecular formula is C20H23F3N6O4. The first-order chi connectivity index (χ1) is 15.5. The van der Waals surface area contributed by atoms with E-state index in [2.05, 4.69) is 15.1 Å². The van der Waals surface area contributed by atoms with Gasteiger partial charge in [-0.1, -0.05) is 0 Å². The van der Waals surface area contributed by atoms with Gasteiger partial charge >= 0.3 is 12.1 Å². The van der Waals surface area contributed by atoms with Crippen molar-refractivity contribution >= 4 is 23.5 Å². The van der Waals surface area contributed by atoms with Crippen molar-refractivity contribution in [3.63, 3.8) is 0 Å². The fraction of sp³-hybridized carbons (Fsp3) is 0.500. The second-order valence-electron chi connectivity index (χ2n) is 7.93. The maximum Gasteiger partial charge on any atom is 0.490 e. The Morgan fingerprint density at radius 1 is 1.12 bits per heavy atom. The van der Waals surface area contributed by atoms with E-state index in [9.17, 15) is 22.8 Å². The van der Waals surface area contributed by atoms with Crippen LogP contribution < -0.4 is 4.90 Å². The van der Waals surface area contributed by atoms with Crippen molar-refractivity contribution in [2.24, 2.45) is 12.5 Å². The number of piperidine rings is 1. The van der Waals surface area contributed by atoms with Crippen LogP contribution in [0.5, 0.6) is 0 Å². The molecule has 10 nitrogen and oxygen atoms in total. The van der Waals surface area contributed by atoms with Crippen molar-refractivity contribution in [1.82, 2.24) is 24.6 Å². The Labute approximate surface area is 187 Å². The van der Waals surface area contributed by atoms with Crippen LogP contribution >= 0.6 is 0 Å². The second-order valence-corrected chi connectivity index (χ2v) is 7.93. The standard InChI is InChI=1S/C18H22N6O2.C2HF3O2/c1-22-6-2-14(21-22)10-16(25)23-7-3-18(4-8-23)5-9-24(17(18)26)15-11-19-13-20-12-15;3-2(4,5)1(6)7/h2,6,11-13H,3-5,7-10H2,1H3;(H,6,7). The van der Waals surface area contributed by atoms with Crippen LogP contribution in [0.15, 0.2) is 31.0 Å². The molecule has 0 saturated carbocycles. The number of rotatable bonds is 3. The van der Waals surface area contributed by atoms with E-state index in [1.807, 2.05) is 24.2 Å². The summed E-state index contributed by atoms with van der Waals surface area (Å²) in [7, 11) is 1.84. The van der Waals surface area contributed by atoms with Crippen molar-refractivity contribution in [2.75, 3.05) is 24.5 Å². The third-order valence-electron chi connectivity index (χ3n) is 5.79. The molecule has 2 aromatic heterocycles. The molecule has 0 atom stereocenters. The number of aliphatic carboxylic acids is 1. The zero-order valence-corrected chi connectivity index (χ0v) is 17.8. The Morgan fingerprint density at radius 2 is 1.70 bits per heavy atom. The largest absolute Gasteiger partial charge is 0.490 e. The molecule has 4 rings (SSSR count). The minimum absolute atomic E-state index is 0.0808. The number of aryl methyl sites for hydroxylation is 1. The van der Waals surface area contributed by atoms with Crippen molar-refractivity contribution in [3.05, 3.63) is 36.7 Å². The SMILES string of the molecule is Cn1ccc(CC(=O)N2CCC3(CC2)CCN(c2cncnc2)C3=O)n1.O=C(O)C(F)(F)F. The third kappa shape index (κ3) is 5.65. The number of hydrogen-bond acceptors (Lipinski definition) is 6. The smallest absolute Gasteiger partial charge is 0.475 e. The summed E-state index contributed by atoms with van der Waals surface area (Å²) in [4.78, 5) is 46.1. The average molecular weight is 468 g/mol. The molecule has 0 radical (unpaired) electrons. The van der Waals surface area contributed by atoms with Crippen molar-refractivity contribution in [3.8, 4) is 0 Å². The van der Waals surface area contributed by atoms with Gasteiger partial charge in [-0.2, -0.15) is 18.3 Å². The quantitative estimate of drug-likeness (QED) is 0.723. The van der Waals surface area contributed by atoms with Crippen LogP contribution in [-0.2, 0) is 27.9 Å². The van der Waals surface area contributed by atoms with Crippen LogP contribution in [0.1, 0.15) is 25.0 Å². The first-order valence-corrected chi connectivity index (χ1v) is 10.2. The minimum atomic E-state index is -5.08. The topological polar surface area (TPSA) is 122 Å². The highest BCUT2D eigenvalue weighted by molar-refractivity contribution is 5.99. The van der Waals surface area contributed by atoms with Crippen LogP contribution in [0, 0.1) is 5.41 Å². The van der Waals surface area contributed by atoms with Crippen LogP contribution in [0.2, 0.25) is 0 Å². The molecule has 13 heteroatoms. The number of aromatic nitrogens is 4. The number of anilines is 1. The molecule has 2 aliphatic rings. The van der Waals surface area contributed by atoms with Gasteiger partial charge in [-0.15, -0.1) is 0 Å². The lowest BCUT2D eigenvalue weighted by atomic mass is 9.77. The molecule has 2 aliphatic heterocycles. The summed E-state index contributed by atoms with van der Waals surface area (Å²) in [5.41, 5.74) is 1.19. The molecule has 2 aromatic rings. The molecule has 0 bridgehead atoms. The molecule has 2 amide bonds. The predicted octanol–water partition coefficient (Wildman–Crippen LogP) is 1.43. The van der Waals surface area contributed by atoms with Crippen LogP contribution in [0.3, 0.4) is 0 Å². The van der Waals surface area contributed by atoms with Crippen molar-refractivity contribution in [2.45, 2.75) is 31.9 Å². The van der Waals surface area contributed by atoms with Gasteiger partial charge < -0.3 is 14.9 Å². The molecule has 178 valence electrons. The summed E-state index contributed by atoms with van der Waals surface area (Å²) in [6.45, 7) is 1.93. The lowest BCUT2D eigenvalue weighted by Gasteiger charge is -2.37. The van der Waals surface area contributed by atoms with Gasteiger partial charge in [-0.25, -0.2) is 14.8 Å². The van der Waals surface area contributed by atoms with E-state index in [0.717, 1.165) is 17.8 Å². The highest BCUT2D eigenvalue weighted by Gasteiger charge is 2.49. The van der Waals surface area contributed by atoms with E-state index >= 15 is 0 Å². The Hall–Kier alpha value is -3.51. The van der Waals surface area contributed by atoms with Crippen LogP contribution in [0.25, 0.3) is 0 Å². The van der Waals surface area contributed by atoms with Gasteiger partial charge in [0.05, 0.1) is 35.6 Å². The van der Waals surface area contributed by atoms with Gasteiger partial charge in [-0.3, -0.25) is 14.3 Å². The van der Waals surface area contributed by atoms with E-state index in [-0.39, 0.29) is 17.2 Å². The summed E-state index contributed by atoms with van der Waals surface area (Å²) >= 11 is 0. The molecule has 0 unspecified atom stereocenters. The first kappa shape index (κ1) is 24.1. The summed E-state index contributed by atoms with van der Waals surface area (Å²) < 4.78 is 33.4. The van der Waals surface area contributed by atoms with Gasteiger partial charge in [0.2, 0.25) is 11.8 Å².